The van der Waals surface area contributed by atoms with E-state index in [1.54, 1.807) is 6.07 Å². The highest BCUT2D eigenvalue weighted by molar-refractivity contribution is 5.77. The first kappa shape index (κ1) is 20.8. The molecule has 0 spiro atoms. The van der Waals surface area contributed by atoms with Gasteiger partial charge in [0.25, 0.3) is 0 Å². The van der Waals surface area contributed by atoms with Gasteiger partial charge in [-0.3, -0.25) is 4.98 Å². The highest BCUT2D eigenvalue weighted by Gasteiger charge is 2.32. The number of hydrogen-bond acceptors (Lipinski definition) is 5. The zero-order valence-corrected chi connectivity index (χ0v) is 16.6. The van der Waals surface area contributed by atoms with Crippen LogP contribution in [0.4, 0.5) is 19.0 Å². The van der Waals surface area contributed by atoms with Crippen molar-refractivity contribution in [1.29, 1.82) is 0 Å². The molecular weight excluding hydrogens is 405 g/mol. The lowest BCUT2D eigenvalue weighted by molar-refractivity contribution is -0.141. The third-order valence-electron chi connectivity index (χ3n) is 5.24. The Bertz CT molecular complexity index is 1160. The molecule has 0 saturated heterocycles. The minimum atomic E-state index is -4.43. The molecule has 3 N–H and O–H groups in total. The van der Waals surface area contributed by atoms with E-state index in [0.717, 1.165) is 36.5 Å². The van der Waals surface area contributed by atoms with Crippen LogP contribution in [0.3, 0.4) is 0 Å². The zero-order chi connectivity index (χ0) is 21.8. The van der Waals surface area contributed by atoms with Crippen LogP contribution >= 0.6 is 0 Å². The van der Waals surface area contributed by atoms with E-state index in [1.165, 1.54) is 6.20 Å². The highest BCUT2D eigenvalue weighted by Crippen LogP contribution is 2.34. The molecule has 160 valence electrons. The molecule has 0 aliphatic heterocycles. The number of unbranched alkanes of at least 4 members (excludes halogenated alkanes) is 1. The molecular formula is C22H21F3N6. The van der Waals surface area contributed by atoms with Gasteiger partial charge in [0.1, 0.15) is 17.0 Å². The molecule has 4 rings (SSSR count). The van der Waals surface area contributed by atoms with Crippen molar-refractivity contribution in [2.24, 2.45) is 0 Å². The molecule has 1 atom stereocenters. The summed E-state index contributed by atoms with van der Waals surface area (Å²) < 4.78 is 38.6. The first-order valence-corrected chi connectivity index (χ1v) is 9.96. The second-order valence-electron chi connectivity index (χ2n) is 7.39. The predicted octanol–water partition coefficient (Wildman–Crippen LogP) is 4.89. The van der Waals surface area contributed by atoms with Crippen molar-refractivity contribution in [3.8, 4) is 0 Å². The number of aryl methyl sites for hydroxylation is 1. The molecule has 0 radical (unpaired) electrons. The molecule has 3 heterocycles. The van der Waals surface area contributed by atoms with Crippen molar-refractivity contribution >= 4 is 17.0 Å². The number of aromatic amines is 1. The number of nitrogens with two attached hydrogens (primary N) is 1. The number of nitrogens with one attached hydrogen (secondary N) is 1. The number of nitrogen functional groups attached to an aromatic ring is 1. The van der Waals surface area contributed by atoms with Gasteiger partial charge in [0.15, 0.2) is 0 Å². The fraction of sp³-hybridized carbons (Fsp3) is 0.273. The Kier molecular flexibility index (Phi) is 5.83. The molecule has 0 amide bonds. The Morgan fingerprint density at radius 2 is 1.81 bits per heavy atom. The van der Waals surface area contributed by atoms with Gasteiger partial charge in [-0.25, -0.2) is 4.98 Å². The van der Waals surface area contributed by atoms with Gasteiger partial charge in [0.2, 0.25) is 5.65 Å². The van der Waals surface area contributed by atoms with Gasteiger partial charge in [-0.05, 0) is 54.2 Å². The molecule has 0 aliphatic carbocycles. The van der Waals surface area contributed by atoms with Gasteiger partial charge < -0.3 is 5.73 Å². The van der Waals surface area contributed by atoms with E-state index in [-0.39, 0.29) is 5.92 Å². The summed E-state index contributed by atoms with van der Waals surface area (Å²) in [5.41, 5.74) is 8.95. The molecule has 0 bridgehead atoms. The topological polar surface area (TPSA) is 93.4 Å². The van der Waals surface area contributed by atoms with Crippen LogP contribution in [0.5, 0.6) is 0 Å². The van der Waals surface area contributed by atoms with Crippen molar-refractivity contribution in [2.45, 2.75) is 37.8 Å². The largest absolute Gasteiger partial charge is 0.433 e. The Hall–Kier alpha value is -3.49. The average molecular weight is 426 g/mol. The zero-order valence-electron chi connectivity index (χ0n) is 16.6. The SMILES string of the molecule is Nc1cc(C(CCCCc2ccnc(C(F)(F)F)c2)c2ccccc2)c2n[nH]nc2n1. The lowest BCUT2D eigenvalue weighted by Gasteiger charge is -2.18. The van der Waals surface area contributed by atoms with Crippen molar-refractivity contribution in [3.05, 3.63) is 77.1 Å². The Balaban J connectivity index is 1.51. The first-order chi connectivity index (χ1) is 14.9. The number of anilines is 1. The summed E-state index contributed by atoms with van der Waals surface area (Å²) in [7, 11) is 0. The van der Waals surface area contributed by atoms with Crippen LogP contribution in [0.1, 0.15) is 47.6 Å². The van der Waals surface area contributed by atoms with Gasteiger partial charge in [-0.1, -0.05) is 36.8 Å². The van der Waals surface area contributed by atoms with Crippen LogP contribution in [0.2, 0.25) is 0 Å². The summed E-state index contributed by atoms with van der Waals surface area (Å²) in [6.45, 7) is 0. The Labute approximate surface area is 176 Å². The Morgan fingerprint density at radius 1 is 1.00 bits per heavy atom. The van der Waals surface area contributed by atoms with Crippen LogP contribution in [0.25, 0.3) is 11.2 Å². The number of alkyl halides is 3. The normalized spacial score (nSPS) is 12.9. The van der Waals surface area contributed by atoms with E-state index in [0.29, 0.717) is 29.0 Å². The third kappa shape index (κ3) is 4.82. The number of halogens is 3. The quantitative estimate of drug-likeness (QED) is 0.410. The van der Waals surface area contributed by atoms with Gasteiger partial charge in [-0.15, -0.1) is 5.10 Å². The summed E-state index contributed by atoms with van der Waals surface area (Å²) in [4.78, 5) is 7.63. The summed E-state index contributed by atoms with van der Waals surface area (Å²) in [5, 5.41) is 10.9. The van der Waals surface area contributed by atoms with Crippen LogP contribution in [0.15, 0.2) is 54.7 Å². The Morgan fingerprint density at radius 3 is 2.58 bits per heavy atom. The van der Waals surface area contributed by atoms with E-state index >= 15 is 0 Å². The standard InChI is InChI=1S/C22H21F3N6/c23-22(24,25)18-12-14(10-11-27-18)6-4-5-9-16(15-7-2-1-3-8-15)17-13-19(26)28-21-20(17)29-31-30-21/h1-3,7-8,10-13,16H,4-6,9H2,(H3,26,28,29,30,31). The number of fused-ring (bicyclic) bond motifs is 1. The maximum Gasteiger partial charge on any atom is 0.433 e. The molecule has 9 heteroatoms. The van der Waals surface area contributed by atoms with E-state index in [4.69, 9.17) is 5.73 Å². The number of nitrogens with zero attached hydrogens (tertiary/aromatic N) is 4. The minimum Gasteiger partial charge on any atom is -0.384 e. The highest BCUT2D eigenvalue weighted by atomic mass is 19.4. The summed E-state index contributed by atoms with van der Waals surface area (Å²) >= 11 is 0. The molecule has 0 fully saturated rings. The lowest BCUT2D eigenvalue weighted by atomic mass is 9.86. The first-order valence-electron chi connectivity index (χ1n) is 9.96. The number of benzene rings is 1. The summed E-state index contributed by atoms with van der Waals surface area (Å²) in [6, 6.07) is 14.6. The molecule has 3 aromatic heterocycles. The molecule has 1 unspecified atom stereocenters. The molecule has 31 heavy (non-hydrogen) atoms. The fourth-order valence-corrected chi connectivity index (χ4v) is 3.79. The fourth-order valence-electron chi connectivity index (χ4n) is 3.79. The second-order valence-corrected chi connectivity index (χ2v) is 7.39. The number of pyridine rings is 2. The van der Waals surface area contributed by atoms with Gasteiger partial charge in [0.05, 0.1) is 0 Å². The summed E-state index contributed by atoms with van der Waals surface area (Å²) in [5.74, 6) is 0.385. The van der Waals surface area contributed by atoms with Gasteiger partial charge in [0, 0.05) is 12.1 Å². The second kappa shape index (κ2) is 8.71. The number of aromatic nitrogens is 5. The van der Waals surface area contributed by atoms with Gasteiger partial charge >= 0.3 is 6.18 Å². The van der Waals surface area contributed by atoms with Gasteiger partial charge in [-0.2, -0.15) is 23.5 Å². The van der Waals surface area contributed by atoms with Crippen molar-refractivity contribution in [2.75, 3.05) is 5.73 Å². The van der Waals surface area contributed by atoms with Crippen molar-refractivity contribution in [1.82, 2.24) is 25.4 Å². The van der Waals surface area contributed by atoms with Crippen LogP contribution in [-0.4, -0.2) is 25.4 Å². The molecule has 4 aromatic rings. The van der Waals surface area contributed by atoms with Crippen LogP contribution in [-0.2, 0) is 12.6 Å². The number of hydrogen-bond donors (Lipinski definition) is 2. The van der Waals surface area contributed by atoms with Crippen molar-refractivity contribution in [3.63, 3.8) is 0 Å². The van der Waals surface area contributed by atoms with E-state index in [9.17, 15) is 13.2 Å². The monoisotopic (exact) mass is 426 g/mol. The van der Waals surface area contributed by atoms with E-state index < -0.39 is 11.9 Å². The minimum absolute atomic E-state index is 0.0160. The van der Waals surface area contributed by atoms with Crippen LogP contribution < -0.4 is 5.73 Å². The summed E-state index contributed by atoms with van der Waals surface area (Å²) in [6.07, 6.45) is -0.333. The van der Waals surface area contributed by atoms with Crippen molar-refractivity contribution < 1.29 is 13.2 Å². The van der Waals surface area contributed by atoms with E-state index in [1.807, 2.05) is 36.4 Å². The molecule has 0 saturated carbocycles. The number of rotatable bonds is 7. The average Bonchev–Trinajstić information content (AvgIpc) is 3.22. The molecule has 1 aromatic carbocycles. The van der Waals surface area contributed by atoms with E-state index in [2.05, 4.69) is 25.4 Å². The predicted molar refractivity (Wildman–Crippen MR) is 111 cm³/mol. The molecule has 0 aliphatic rings. The third-order valence-corrected chi connectivity index (χ3v) is 5.24. The van der Waals surface area contributed by atoms with Crippen LogP contribution in [0, 0.1) is 0 Å². The molecule has 6 nitrogen and oxygen atoms in total. The maximum atomic E-state index is 12.9. The number of H-pyrrole nitrogens is 1. The lowest BCUT2D eigenvalue weighted by Crippen LogP contribution is -2.08. The smallest absolute Gasteiger partial charge is 0.384 e. The maximum absolute atomic E-state index is 12.9.